The Kier molecular flexibility index (Phi) is 4.25. The van der Waals surface area contributed by atoms with E-state index in [-0.39, 0.29) is 6.04 Å². The topological polar surface area (TPSA) is 50.9 Å². The van der Waals surface area contributed by atoms with Gasteiger partial charge in [-0.1, -0.05) is 24.3 Å². The minimum Gasteiger partial charge on any atom is -0.390 e. The third-order valence-electron chi connectivity index (χ3n) is 3.21. The highest BCUT2D eigenvalue weighted by atomic mass is 19.1. The first kappa shape index (κ1) is 13.0. The molecule has 0 aliphatic carbocycles. The standard InChI is InChI=1S/C13H18FN3O/c1-2-10(7-8-11(18)9-14)17-13-6-4-3-5-12(13)15-16-17/h3-6,10-11,18H,2,7-9H2,1H3. The molecule has 18 heavy (non-hydrogen) atoms. The average molecular weight is 251 g/mol. The van der Waals surface area contributed by atoms with E-state index >= 15 is 0 Å². The molecule has 0 spiro atoms. The smallest absolute Gasteiger partial charge is 0.115 e. The number of aromatic nitrogens is 3. The number of para-hydroxylation sites is 1. The summed E-state index contributed by atoms with van der Waals surface area (Å²) in [6.07, 6.45) is 1.17. The molecule has 2 aromatic rings. The zero-order valence-corrected chi connectivity index (χ0v) is 10.5. The van der Waals surface area contributed by atoms with Gasteiger partial charge >= 0.3 is 0 Å². The lowest BCUT2D eigenvalue weighted by atomic mass is 10.1. The SMILES string of the molecule is CCC(CCC(O)CF)n1nnc2ccccc21. The summed E-state index contributed by atoms with van der Waals surface area (Å²) in [6.45, 7) is 1.37. The first-order valence-electron chi connectivity index (χ1n) is 6.30. The molecule has 0 aliphatic heterocycles. The van der Waals surface area contributed by atoms with Gasteiger partial charge in [-0.2, -0.15) is 0 Å². The molecule has 0 amide bonds. The minimum absolute atomic E-state index is 0.151. The van der Waals surface area contributed by atoms with Gasteiger partial charge in [-0.15, -0.1) is 5.10 Å². The van der Waals surface area contributed by atoms with Crippen LogP contribution in [-0.4, -0.2) is 32.9 Å². The lowest BCUT2D eigenvalue weighted by Gasteiger charge is -2.16. The second kappa shape index (κ2) is 5.91. The molecule has 0 bridgehead atoms. The third kappa shape index (κ3) is 2.67. The summed E-state index contributed by atoms with van der Waals surface area (Å²) < 4.78 is 14.1. The van der Waals surface area contributed by atoms with Gasteiger partial charge in [0, 0.05) is 0 Å². The van der Waals surface area contributed by atoms with Crippen LogP contribution in [0.25, 0.3) is 11.0 Å². The highest BCUT2D eigenvalue weighted by Gasteiger charge is 2.15. The van der Waals surface area contributed by atoms with E-state index in [9.17, 15) is 9.50 Å². The first-order chi connectivity index (χ1) is 8.76. The van der Waals surface area contributed by atoms with Crippen molar-refractivity contribution in [2.75, 3.05) is 6.67 Å². The number of nitrogens with zero attached hydrogens (tertiary/aromatic N) is 3. The van der Waals surface area contributed by atoms with Gasteiger partial charge in [0.05, 0.1) is 17.7 Å². The fourth-order valence-corrected chi connectivity index (χ4v) is 2.12. The summed E-state index contributed by atoms with van der Waals surface area (Å²) in [4.78, 5) is 0. The maximum Gasteiger partial charge on any atom is 0.115 e. The van der Waals surface area contributed by atoms with Crippen molar-refractivity contribution in [3.8, 4) is 0 Å². The Morgan fingerprint density at radius 2 is 2.11 bits per heavy atom. The van der Waals surface area contributed by atoms with E-state index < -0.39 is 12.8 Å². The largest absolute Gasteiger partial charge is 0.390 e. The molecule has 1 aromatic carbocycles. The van der Waals surface area contributed by atoms with Crippen molar-refractivity contribution in [2.45, 2.75) is 38.3 Å². The van der Waals surface area contributed by atoms with E-state index in [4.69, 9.17) is 0 Å². The van der Waals surface area contributed by atoms with Crippen LogP contribution in [-0.2, 0) is 0 Å². The Labute approximate surface area is 105 Å². The van der Waals surface area contributed by atoms with Crippen LogP contribution < -0.4 is 0 Å². The van der Waals surface area contributed by atoms with E-state index in [1.807, 2.05) is 28.9 Å². The van der Waals surface area contributed by atoms with Crippen molar-refractivity contribution in [3.63, 3.8) is 0 Å². The van der Waals surface area contributed by atoms with Crippen molar-refractivity contribution in [2.24, 2.45) is 0 Å². The van der Waals surface area contributed by atoms with Gasteiger partial charge in [0.25, 0.3) is 0 Å². The number of alkyl halides is 1. The van der Waals surface area contributed by atoms with Crippen molar-refractivity contribution >= 4 is 11.0 Å². The van der Waals surface area contributed by atoms with E-state index in [0.29, 0.717) is 12.8 Å². The molecule has 2 atom stereocenters. The molecule has 0 radical (unpaired) electrons. The van der Waals surface area contributed by atoms with Gasteiger partial charge in [0.2, 0.25) is 0 Å². The maximum absolute atomic E-state index is 12.3. The molecule has 1 aromatic heterocycles. The molecular formula is C13H18FN3O. The summed E-state index contributed by atoms with van der Waals surface area (Å²) in [7, 11) is 0. The fourth-order valence-electron chi connectivity index (χ4n) is 2.12. The van der Waals surface area contributed by atoms with Crippen LogP contribution in [0.1, 0.15) is 32.2 Å². The normalized spacial score (nSPS) is 14.8. The number of rotatable bonds is 6. The number of halogens is 1. The molecule has 2 rings (SSSR count). The lowest BCUT2D eigenvalue weighted by Crippen LogP contribution is -2.15. The van der Waals surface area contributed by atoms with Crippen molar-refractivity contribution < 1.29 is 9.50 Å². The number of hydrogen-bond donors (Lipinski definition) is 1. The lowest BCUT2D eigenvalue weighted by molar-refractivity contribution is 0.122. The predicted octanol–water partition coefficient (Wildman–Crippen LogP) is 2.49. The van der Waals surface area contributed by atoms with E-state index in [2.05, 4.69) is 17.2 Å². The number of aliphatic hydroxyl groups is 1. The highest BCUT2D eigenvalue weighted by Crippen LogP contribution is 2.22. The van der Waals surface area contributed by atoms with Crippen LogP contribution >= 0.6 is 0 Å². The average Bonchev–Trinajstić information content (AvgIpc) is 2.83. The second-order valence-electron chi connectivity index (χ2n) is 4.47. The van der Waals surface area contributed by atoms with Gasteiger partial charge in [-0.3, -0.25) is 0 Å². The number of fused-ring (bicyclic) bond motifs is 1. The summed E-state index contributed by atoms with van der Waals surface area (Å²) in [5.74, 6) is 0. The molecule has 1 N–H and O–H groups in total. The molecule has 0 aliphatic rings. The minimum atomic E-state index is -0.867. The zero-order valence-electron chi connectivity index (χ0n) is 10.5. The van der Waals surface area contributed by atoms with Crippen LogP contribution in [0.3, 0.4) is 0 Å². The Morgan fingerprint density at radius 3 is 2.83 bits per heavy atom. The van der Waals surface area contributed by atoms with E-state index in [0.717, 1.165) is 17.5 Å². The molecule has 98 valence electrons. The summed E-state index contributed by atoms with van der Waals surface area (Å²) >= 11 is 0. The van der Waals surface area contributed by atoms with Gasteiger partial charge in [0.15, 0.2) is 0 Å². The van der Waals surface area contributed by atoms with Crippen LogP contribution in [0.5, 0.6) is 0 Å². The second-order valence-corrected chi connectivity index (χ2v) is 4.47. The van der Waals surface area contributed by atoms with E-state index in [1.165, 1.54) is 0 Å². The number of hydrogen-bond acceptors (Lipinski definition) is 3. The van der Waals surface area contributed by atoms with Crippen LogP contribution in [0.2, 0.25) is 0 Å². The molecule has 1 heterocycles. The molecular weight excluding hydrogens is 233 g/mol. The van der Waals surface area contributed by atoms with Crippen molar-refractivity contribution in [3.05, 3.63) is 24.3 Å². The van der Waals surface area contributed by atoms with E-state index in [1.54, 1.807) is 0 Å². The Balaban J connectivity index is 2.16. The fraction of sp³-hybridized carbons (Fsp3) is 0.538. The van der Waals surface area contributed by atoms with Crippen molar-refractivity contribution in [1.82, 2.24) is 15.0 Å². The first-order valence-corrected chi connectivity index (χ1v) is 6.30. The molecule has 0 saturated heterocycles. The molecule has 0 fully saturated rings. The van der Waals surface area contributed by atoms with Gasteiger partial charge in [0.1, 0.15) is 12.2 Å². The highest BCUT2D eigenvalue weighted by molar-refractivity contribution is 5.73. The van der Waals surface area contributed by atoms with Gasteiger partial charge < -0.3 is 5.11 Å². The van der Waals surface area contributed by atoms with Crippen LogP contribution in [0.15, 0.2) is 24.3 Å². The third-order valence-corrected chi connectivity index (χ3v) is 3.21. The molecule has 0 saturated carbocycles. The summed E-state index contributed by atoms with van der Waals surface area (Å²) in [5, 5.41) is 17.6. The molecule has 4 nitrogen and oxygen atoms in total. The number of aliphatic hydroxyl groups excluding tert-OH is 1. The van der Waals surface area contributed by atoms with Crippen LogP contribution in [0, 0.1) is 0 Å². The van der Waals surface area contributed by atoms with Gasteiger partial charge in [-0.05, 0) is 31.4 Å². The summed E-state index contributed by atoms with van der Waals surface area (Å²) in [6, 6.07) is 7.92. The van der Waals surface area contributed by atoms with Gasteiger partial charge in [-0.25, -0.2) is 9.07 Å². The van der Waals surface area contributed by atoms with Crippen LogP contribution in [0.4, 0.5) is 4.39 Å². The maximum atomic E-state index is 12.3. The Morgan fingerprint density at radius 1 is 1.33 bits per heavy atom. The predicted molar refractivity (Wildman–Crippen MR) is 68.1 cm³/mol. The monoisotopic (exact) mass is 251 g/mol. The molecule has 2 unspecified atom stereocenters. The quantitative estimate of drug-likeness (QED) is 0.858. The number of benzene rings is 1. The molecule has 5 heteroatoms. The Bertz CT molecular complexity index is 500. The summed E-state index contributed by atoms with van der Waals surface area (Å²) in [5.41, 5.74) is 1.85. The Hall–Kier alpha value is -1.49. The van der Waals surface area contributed by atoms with Crippen molar-refractivity contribution in [1.29, 1.82) is 0 Å². The zero-order chi connectivity index (χ0) is 13.0.